The van der Waals surface area contributed by atoms with Crippen molar-refractivity contribution in [2.75, 3.05) is 25.6 Å². The molecule has 0 saturated heterocycles. The molecule has 7 heteroatoms. The number of hydrogen-bond acceptors (Lipinski definition) is 4. The molecule has 0 radical (unpaired) electrons. The first-order chi connectivity index (χ1) is 12.9. The van der Waals surface area contributed by atoms with Crippen molar-refractivity contribution in [3.63, 3.8) is 0 Å². The minimum absolute atomic E-state index is 0.0476. The van der Waals surface area contributed by atoms with Crippen LogP contribution in [0.2, 0.25) is 0 Å². The highest BCUT2D eigenvalue weighted by Crippen LogP contribution is 2.25. The Morgan fingerprint density at radius 3 is 2.41 bits per heavy atom. The van der Waals surface area contributed by atoms with Gasteiger partial charge in [0, 0.05) is 29.4 Å². The third kappa shape index (κ3) is 6.37. The van der Waals surface area contributed by atoms with Crippen molar-refractivity contribution in [1.29, 1.82) is 0 Å². The van der Waals surface area contributed by atoms with Crippen LogP contribution in [-0.4, -0.2) is 38.2 Å². The van der Waals surface area contributed by atoms with Gasteiger partial charge in [0.05, 0.1) is 18.3 Å². The largest absolute Gasteiger partial charge is 0.490 e. The van der Waals surface area contributed by atoms with Gasteiger partial charge in [0.2, 0.25) is 0 Å². The smallest absolute Gasteiger partial charge is 0.259 e. The fourth-order valence-electron chi connectivity index (χ4n) is 2.31. The lowest BCUT2D eigenvalue weighted by atomic mass is 10.1. The molecule has 2 aromatic rings. The van der Waals surface area contributed by atoms with Gasteiger partial charge in [-0.05, 0) is 56.3 Å². The molecule has 0 bridgehead atoms. The quantitative estimate of drug-likeness (QED) is 0.618. The lowest BCUT2D eigenvalue weighted by Crippen LogP contribution is -2.26. The van der Waals surface area contributed by atoms with Crippen molar-refractivity contribution in [3.05, 3.63) is 58.1 Å². The molecule has 2 amide bonds. The van der Waals surface area contributed by atoms with Crippen molar-refractivity contribution >= 4 is 33.4 Å². The standard InChI is InChI=1S/C20H23BrN2O4/c1-13(2)27-18-9-6-15(21)12-17(18)20(25)23-16-7-4-14(5-8-16)19(24)22-10-11-26-3/h4-9,12-13H,10-11H2,1-3H3,(H,22,24)(H,23,25). The van der Waals surface area contributed by atoms with Crippen LogP contribution in [0.15, 0.2) is 46.9 Å². The van der Waals surface area contributed by atoms with Gasteiger partial charge in [0.1, 0.15) is 5.75 Å². The van der Waals surface area contributed by atoms with Crippen LogP contribution in [0.4, 0.5) is 5.69 Å². The summed E-state index contributed by atoms with van der Waals surface area (Å²) in [5, 5.41) is 5.57. The topological polar surface area (TPSA) is 76.7 Å². The van der Waals surface area contributed by atoms with Crippen LogP contribution in [0.3, 0.4) is 0 Å². The average molecular weight is 435 g/mol. The van der Waals surface area contributed by atoms with Gasteiger partial charge in [0.15, 0.2) is 0 Å². The van der Waals surface area contributed by atoms with Crippen molar-refractivity contribution < 1.29 is 19.1 Å². The molecule has 6 nitrogen and oxygen atoms in total. The SMILES string of the molecule is COCCNC(=O)c1ccc(NC(=O)c2cc(Br)ccc2OC(C)C)cc1. The zero-order valence-corrected chi connectivity index (χ0v) is 17.1. The lowest BCUT2D eigenvalue weighted by molar-refractivity contribution is 0.0936. The van der Waals surface area contributed by atoms with Gasteiger partial charge < -0.3 is 20.1 Å². The van der Waals surface area contributed by atoms with E-state index >= 15 is 0 Å². The van der Waals surface area contributed by atoms with Crippen LogP contribution < -0.4 is 15.4 Å². The fourth-order valence-corrected chi connectivity index (χ4v) is 2.67. The van der Waals surface area contributed by atoms with Crippen molar-refractivity contribution in [2.24, 2.45) is 0 Å². The van der Waals surface area contributed by atoms with Gasteiger partial charge in [-0.3, -0.25) is 9.59 Å². The van der Waals surface area contributed by atoms with E-state index in [-0.39, 0.29) is 17.9 Å². The highest BCUT2D eigenvalue weighted by atomic mass is 79.9. The minimum Gasteiger partial charge on any atom is -0.490 e. The number of hydrogen-bond donors (Lipinski definition) is 2. The van der Waals surface area contributed by atoms with E-state index in [0.717, 1.165) is 4.47 Å². The lowest BCUT2D eigenvalue weighted by Gasteiger charge is -2.14. The zero-order chi connectivity index (χ0) is 19.8. The first-order valence-electron chi connectivity index (χ1n) is 8.55. The van der Waals surface area contributed by atoms with E-state index in [1.807, 2.05) is 19.9 Å². The Morgan fingerprint density at radius 1 is 1.07 bits per heavy atom. The Hall–Kier alpha value is -2.38. The van der Waals surface area contributed by atoms with E-state index in [0.29, 0.717) is 35.7 Å². The molecule has 0 fully saturated rings. The first kappa shape index (κ1) is 20.9. The minimum atomic E-state index is -0.288. The second-order valence-electron chi connectivity index (χ2n) is 6.09. The van der Waals surface area contributed by atoms with E-state index in [4.69, 9.17) is 9.47 Å². The molecule has 0 heterocycles. The van der Waals surface area contributed by atoms with Crippen LogP contribution in [-0.2, 0) is 4.74 Å². The predicted octanol–water partition coefficient (Wildman–Crippen LogP) is 3.86. The molecule has 2 aromatic carbocycles. The predicted molar refractivity (Wildman–Crippen MR) is 109 cm³/mol. The van der Waals surface area contributed by atoms with Crippen LogP contribution in [0.1, 0.15) is 34.6 Å². The van der Waals surface area contributed by atoms with E-state index < -0.39 is 0 Å². The van der Waals surface area contributed by atoms with Crippen molar-refractivity contribution in [2.45, 2.75) is 20.0 Å². The molecule has 0 spiro atoms. The summed E-state index contributed by atoms with van der Waals surface area (Å²) in [7, 11) is 1.58. The van der Waals surface area contributed by atoms with Gasteiger partial charge in [-0.15, -0.1) is 0 Å². The maximum absolute atomic E-state index is 12.7. The van der Waals surface area contributed by atoms with Crippen LogP contribution in [0, 0.1) is 0 Å². The molecule has 27 heavy (non-hydrogen) atoms. The number of anilines is 1. The Bertz CT molecular complexity index is 791. The Labute approximate surface area is 167 Å². The average Bonchev–Trinajstić information content (AvgIpc) is 2.63. The molecule has 0 aliphatic rings. The van der Waals surface area contributed by atoms with Crippen LogP contribution in [0.25, 0.3) is 0 Å². The summed E-state index contributed by atoms with van der Waals surface area (Å²) >= 11 is 3.38. The summed E-state index contributed by atoms with van der Waals surface area (Å²) in [5.41, 5.74) is 1.53. The summed E-state index contributed by atoms with van der Waals surface area (Å²) in [4.78, 5) is 24.6. The molecular weight excluding hydrogens is 412 g/mol. The second kappa shape index (κ2) is 10.1. The van der Waals surface area contributed by atoms with Gasteiger partial charge in [0.25, 0.3) is 11.8 Å². The molecule has 0 saturated carbocycles. The summed E-state index contributed by atoms with van der Waals surface area (Å²) in [6.07, 6.45) is -0.0476. The van der Waals surface area contributed by atoms with Gasteiger partial charge in [-0.2, -0.15) is 0 Å². The number of carbonyl (C=O) groups excluding carboxylic acids is 2. The van der Waals surface area contributed by atoms with Gasteiger partial charge >= 0.3 is 0 Å². The monoisotopic (exact) mass is 434 g/mol. The molecule has 0 aliphatic heterocycles. The van der Waals surface area contributed by atoms with Crippen molar-refractivity contribution in [3.8, 4) is 5.75 Å². The summed E-state index contributed by atoms with van der Waals surface area (Å²) in [5.74, 6) is 0.0358. The summed E-state index contributed by atoms with van der Waals surface area (Å²) in [6.45, 7) is 4.70. The Kier molecular flexibility index (Phi) is 7.82. The number of rotatable bonds is 8. The molecule has 0 unspecified atom stereocenters. The normalized spacial score (nSPS) is 10.6. The molecule has 0 aliphatic carbocycles. The second-order valence-corrected chi connectivity index (χ2v) is 7.00. The van der Waals surface area contributed by atoms with E-state index in [1.54, 1.807) is 43.5 Å². The van der Waals surface area contributed by atoms with Gasteiger partial charge in [-0.1, -0.05) is 15.9 Å². The number of amides is 2. The molecular formula is C20H23BrN2O4. The third-order valence-corrected chi connectivity index (χ3v) is 4.04. The Balaban J connectivity index is 2.08. The maximum Gasteiger partial charge on any atom is 0.259 e. The van der Waals surface area contributed by atoms with E-state index in [2.05, 4.69) is 26.6 Å². The summed E-state index contributed by atoms with van der Waals surface area (Å²) < 4.78 is 11.4. The van der Waals surface area contributed by atoms with Crippen molar-refractivity contribution in [1.82, 2.24) is 5.32 Å². The molecule has 2 N–H and O–H groups in total. The number of carbonyl (C=O) groups is 2. The number of ether oxygens (including phenoxy) is 2. The van der Waals surface area contributed by atoms with E-state index in [1.165, 1.54) is 0 Å². The number of benzene rings is 2. The van der Waals surface area contributed by atoms with Crippen LogP contribution >= 0.6 is 15.9 Å². The fraction of sp³-hybridized carbons (Fsp3) is 0.300. The first-order valence-corrected chi connectivity index (χ1v) is 9.34. The molecule has 0 aromatic heterocycles. The highest BCUT2D eigenvalue weighted by molar-refractivity contribution is 9.10. The van der Waals surface area contributed by atoms with E-state index in [9.17, 15) is 9.59 Å². The zero-order valence-electron chi connectivity index (χ0n) is 15.5. The number of nitrogens with one attached hydrogen (secondary N) is 2. The maximum atomic E-state index is 12.7. The molecule has 2 rings (SSSR count). The summed E-state index contributed by atoms with van der Waals surface area (Å²) in [6, 6.07) is 12.0. The Morgan fingerprint density at radius 2 is 1.78 bits per heavy atom. The third-order valence-electron chi connectivity index (χ3n) is 3.55. The number of halogens is 1. The molecule has 0 atom stereocenters. The molecule has 144 valence electrons. The highest BCUT2D eigenvalue weighted by Gasteiger charge is 2.15. The van der Waals surface area contributed by atoms with Crippen LogP contribution in [0.5, 0.6) is 5.75 Å². The van der Waals surface area contributed by atoms with Gasteiger partial charge in [-0.25, -0.2) is 0 Å². The number of methoxy groups -OCH3 is 1.